The van der Waals surface area contributed by atoms with Crippen LogP contribution >= 0.6 is 0 Å². The maximum Gasteiger partial charge on any atom is 0.123 e. The standard InChI is InChI=1S/C16H27NO2/c1-6-9-17-10-11-19-15-8-7-13(18-5)12-14(15)16(2,3)4/h7-8,12,17H,6,9-11H2,1-5H3. The van der Waals surface area contributed by atoms with Gasteiger partial charge in [0.1, 0.15) is 18.1 Å². The van der Waals surface area contributed by atoms with Gasteiger partial charge in [0.2, 0.25) is 0 Å². The zero-order valence-corrected chi connectivity index (χ0v) is 12.9. The number of hydrogen-bond donors (Lipinski definition) is 1. The Morgan fingerprint density at radius 3 is 2.47 bits per heavy atom. The minimum Gasteiger partial charge on any atom is -0.497 e. The van der Waals surface area contributed by atoms with Gasteiger partial charge in [-0.1, -0.05) is 27.7 Å². The third kappa shape index (κ3) is 5.11. The summed E-state index contributed by atoms with van der Waals surface area (Å²) in [5.41, 5.74) is 1.23. The molecule has 0 spiro atoms. The van der Waals surface area contributed by atoms with Crippen LogP contribution in [0.1, 0.15) is 39.7 Å². The fourth-order valence-electron chi connectivity index (χ4n) is 1.88. The predicted molar refractivity (Wildman–Crippen MR) is 80.3 cm³/mol. The first-order valence-electron chi connectivity index (χ1n) is 7.01. The lowest BCUT2D eigenvalue weighted by atomic mass is 9.86. The first-order valence-corrected chi connectivity index (χ1v) is 7.01. The highest BCUT2D eigenvalue weighted by molar-refractivity contribution is 5.44. The highest BCUT2D eigenvalue weighted by Gasteiger charge is 2.19. The van der Waals surface area contributed by atoms with E-state index in [-0.39, 0.29) is 5.41 Å². The minimum absolute atomic E-state index is 0.0424. The quantitative estimate of drug-likeness (QED) is 0.767. The topological polar surface area (TPSA) is 30.5 Å². The van der Waals surface area contributed by atoms with Crippen molar-refractivity contribution in [1.29, 1.82) is 0 Å². The largest absolute Gasteiger partial charge is 0.497 e. The van der Waals surface area contributed by atoms with E-state index in [2.05, 4.69) is 39.1 Å². The monoisotopic (exact) mass is 265 g/mol. The van der Waals surface area contributed by atoms with Gasteiger partial charge in [0.25, 0.3) is 0 Å². The summed E-state index contributed by atoms with van der Waals surface area (Å²) >= 11 is 0. The molecule has 0 fully saturated rings. The molecule has 0 radical (unpaired) electrons. The van der Waals surface area contributed by atoms with Crippen LogP contribution in [0.2, 0.25) is 0 Å². The van der Waals surface area contributed by atoms with E-state index in [1.807, 2.05) is 12.1 Å². The molecule has 1 rings (SSSR count). The summed E-state index contributed by atoms with van der Waals surface area (Å²) in [7, 11) is 1.69. The fourth-order valence-corrected chi connectivity index (χ4v) is 1.88. The lowest BCUT2D eigenvalue weighted by molar-refractivity contribution is 0.305. The normalized spacial score (nSPS) is 11.4. The van der Waals surface area contributed by atoms with Crippen molar-refractivity contribution in [3.05, 3.63) is 23.8 Å². The van der Waals surface area contributed by atoms with Crippen LogP contribution < -0.4 is 14.8 Å². The van der Waals surface area contributed by atoms with Crippen LogP contribution in [0.5, 0.6) is 11.5 Å². The Bertz CT molecular complexity index is 383. The van der Waals surface area contributed by atoms with Crippen molar-refractivity contribution in [1.82, 2.24) is 5.32 Å². The van der Waals surface area contributed by atoms with Crippen LogP contribution in [0.25, 0.3) is 0 Å². The molecular weight excluding hydrogens is 238 g/mol. The van der Waals surface area contributed by atoms with E-state index in [1.54, 1.807) is 7.11 Å². The molecule has 0 unspecified atom stereocenters. The second-order valence-corrected chi connectivity index (χ2v) is 5.71. The second-order valence-electron chi connectivity index (χ2n) is 5.71. The Kier molecular flexibility index (Phi) is 6.16. The molecule has 0 aliphatic carbocycles. The fraction of sp³-hybridized carbons (Fsp3) is 0.625. The Morgan fingerprint density at radius 2 is 1.89 bits per heavy atom. The lowest BCUT2D eigenvalue weighted by Gasteiger charge is -2.23. The van der Waals surface area contributed by atoms with Crippen LogP contribution in [0.15, 0.2) is 18.2 Å². The maximum absolute atomic E-state index is 5.89. The minimum atomic E-state index is 0.0424. The molecule has 19 heavy (non-hydrogen) atoms. The zero-order chi connectivity index (χ0) is 14.3. The van der Waals surface area contributed by atoms with Gasteiger partial charge in [-0.2, -0.15) is 0 Å². The number of hydrogen-bond acceptors (Lipinski definition) is 3. The highest BCUT2D eigenvalue weighted by Crippen LogP contribution is 2.34. The van der Waals surface area contributed by atoms with E-state index in [1.165, 1.54) is 5.56 Å². The molecule has 0 heterocycles. The molecule has 0 bridgehead atoms. The third-order valence-electron chi connectivity index (χ3n) is 2.96. The van der Waals surface area contributed by atoms with Crippen molar-refractivity contribution in [2.24, 2.45) is 0 Å². The van der Waals surface area contributed by atoms with Gasteiger partial charge in [-0.15, -0.1) is 0 Å². The molecule has 3 heteroatoms. The van der Waals surface area contributed by atoms with E-state index in [0.717, 1.165) is 31.0 Å². The Hall–Kier alpha value is -1.22. The molecule has 1 aromatic rings. The van der Waals surface area contributed by atoms with Gasteiger partial charge in [-0.25, -0.2) is 0 Å². The lowest BCUT2D eigenvalue weighted by Crippen LogP contribution is -2.22. The van der Waals surface area contributed by atoms with E-state index >= 15 is 0 Å². The SMILES string of the molecule is CCCNCCOc1ccc(OC)cc1C(C)(C)C. The number of nitrogens with one attached hydrogen (secondary N) is 1. The van der Waals surface area contributed by atoms with Crippen LogP contribution in [-0.4, -0.2) is 26.8 Å². The maximum atomic E-state index is 5.89. The smallest absolute Gasteiger partial charge is 0.123 e. The van der Waals surface area contributed by atoms with Crippen molar-refractivity contribution in [3.8, 4) is 11.5 Å². The van der Waals surface area contributed by atoms with Gasteiger partial charge in [0.15, 0.2) is 0 Å². The molecule has 0 saturated carbocycles. The van der Waals surface area contributed by atoms with Crippen LogP contribution in [0, 0.1) is 0 Å². The van der Waals surface area contributed by atoms with Crippen LogP contribution in [0.3, 0.4) is 0 Å². The average Bonchev–Trinajstić information content (AvgIpc) is 2.37. The van der Waals surface area contributed by atoms with Crippen LogP contribution in [-0.2, 0) is 5.41 Å². The number of methoxy groups -OCH3 is 1. The van der Waals surface area contributed by atoms with E-state index in [0.29, 0.717) is 6.61 Å². The van der Waals surface area contributed by atoms with Crippen molar-refractivity contribution in [2.75, 3.05) is 26.8 Å². The van der Waals surface area contributed by atoms with Crippen molar-refractivity contribution >= 4 is 0 Å². The van der Waals surface area contributed by atoms with Crippen molar-refractivity contribution in [3.63, 3.8) is 0 Å². The van der Waals surface area contributed by atoms with E-state index in [9.17, 15) is 0 Å². The molecule has 1 aromatic carbocycles. The summed E-state index contributed by atoms with van der Waals surface area (Å²) in [4.78, 5) is 0. The van der Waals surface area contributed by atoms with Gasteiger partial charge in [0.05, 0.1) is 7.11 Å². The molecule has 0 aromatic heterocycles. The summed E-state index contributed by atoms with van der Waals surface area (Å²) in [6, 6.07) is 6.01. The number of rotatable bonds is 7. The van der Waals surface area contributed by atoms with Crippen molar-refractivity contribution in [2.45, 2.75) is 39.5 Å². The molecule has 0 aliphatic rings. The molecule has 0 amide bonds. The molecule has 3 nitrogen and oxygen atoms in total. The molecule has 0 aliphatic heterocycles. The van der Waals surface area contributed by atoms with E-state index in [4.69, 9.17) is 9.47 Å². The van der Waals surface area contributed by atoms with Gasteiger partial charge < -0.3 is 14.8 Å². The average molecular weight is 265 g/mol. The first-order chi connectivity index (χ1) is 8.99. The third-order valence-corrected chi connectivity index (χ3v) is 2.96. The predicted octanol–water partition coefficient (Wildman–Crippen LogP) is 3.37. The molecular formula is C16H27NO2. The summed E-state index contributed by atoms with van der Waals surface area (Å²) in [6.45, 7) is 11.3. The summed E-state index contributed by atoms with van der Waals surface area (Å²) < 4.78 is 11.2. The van der Waals surface area contributed by atoms with E-state index < -0.39 is 0 Å². The summed E-state index contributed by atoms with van der Waals surface area (Å²) in [5, 5.41) is 3.34. The molecule has 0 atom stereocenters. The molecule has 108 valence electrons. The summed E-state index contributed by atoms with van der Waals surface area (Å²) in [6.07, 6.45) is 1.15. The number of ether oxygens (including phenoxy) is 2. The molecule has 0 saturated heterocycles. The van der Waals surface area contributed by atoms with Crippen LogP contribution in [0.4, 0.5) is 0 Å². The molecule has 1 N–H and O–H groups in total. The Labute approximate surface area is 117 Å². The van der Waals surface area contributed by atoms with Gasteiger partial charge in [-0.05, 0) is 36.6 Å². The van der Waals surface area contributed by atoms with Gasteiger partial charge in [0, 0.05) is 12.1 Å². The second kappa shape index (κ2) is 7.39. The van der Waals surface area contributed by atoms with Gasteiger partial charge in [-0.3, -0.25) is 0 Å². The Morgan fingerprint density at radius 1 is 1.16 bits per heavy atom. The van der Waals surface area contributed by atoms with Gasteiger partial charge >= 0.3 is 0 Å². The summed E-state index contributed by atoms with van der Waals surface area (Å²) in [5.74, 6) is 1.83. The zero-order valence-electron chi connectivity index (χ0n) is 12.9. The highest BCUT2D eigenvalue weighted by atomic mass is 16.5. The van der Waals surface area contributed by atoms with Crippen molar-refractivity contribution < 1.29 is 9.47 Å². The number of benzene rings is 1. The first kappa shape index (κ1) is 15.8. The Balaban J connectivity index is 2.71.